The van der Waals surface area contributed by atoms with E-state index in [0.29, 0.717) is 30.3 Å². The van der Waals surface area contributed by atoms with E-state index < -0.39 is 5.41 Å². The van der Waals surface area contributed by atoms with Crippen molar-refractivity contribution in [3.05, 3.63) is 59.7 Å². The standard InChI is InChI=1S/C29H38O6/c1-6-8-18-32-25-16-12-23(27(20-25)33-19-9-7-2)13-17-26(30)22-10-14-24(15-11-22)34-21-35-28(31)29(3,4)5/h10-17,20H,6-9,18-19,21H2,1-5H3. The molecule has 0 N–H and O–H groups in total. The summed E-state index contributed by atoms with van der Waals surface area (Å²) >= 11 is 0. The summed E-state index contributed by atoms with van der Waals surface area (Å²) in [6, 6.07) is 12.4. The van der Waals surface area contributed by atoms with Crippen LogP contribution >= 0.6 is 0 Å². The van der Waals surface area contributed by atoms with E-state index in [4.69, 9.17) is 18.9 Å². The Labute approximate surface area is 209 Å². The van der Waals surface area contributed by atoms with E-state index in [-0.39, 0.29) is 18.5 Å². The molecule has 35 heavy (non-hydrogen) atoms. The third-order valence-electron chi connectivity index (χ3n) is 5.09. The molecule has 0 fully saturated rings. The summed E-state index contributed by atoms with van der Waals surface area (Å²) in [6.07, 6.45) is 7.34. The average molecular weight is 483 g/mol. The van der Waals surface area contributed by atoms with Gasteiger partial charge in [-0.1, -0.05) is 26.7 Å². The zero-order valence-corrected chi connectivity index (χ0v) is 21.6. The zero-order chi connectivity index (χ0) is 25.7. The summed E-state index contributed by atoms with van der Waals surface area (Å²) < 4.78 is 22.3. The van der Waals surface area contributed by atoms with Crippen LogP contribution in [0.25, 0.3) is 6.08 Å². The minimum atomic E-state index is -0.588. The topological polar surface area (TPSA) is 71.1 Å². The first-order valence-corrected chi connectivity index (χ1v) is 12.3. The maximum atomic E-state index is 12.7. The molecule has 0 aromatic heterocycles. The molecule has 6 heteroatoms. The van der Waals surface area contributed by atoms with Gasteiger partial charge in [-0.3, -0.25) is 9.59 Å². The van der Waals surface area contributed by atoms with Crippen molar-refractivity contribution < 1.29 is 28.5 Å². The van der Waals surface area contributed by atoms with Gasteiger partial charge in [-0.25, -0.2) is 0 Å². The van der Waals surface area contributed by atoms with E-state index in [1.807, 2.05) is 18.2 Å². The molecule has 0 amide bonds. The Bertz CT molecular complexity index is 970. The number of hydrogen-bond acceptors (Lipinski definition) is 6. The van der Waals surface area contributed by atoms with E-state index in [1.54, 1.807) is 51.1 Å². The Balaban J connectivity index is 2.01. The quantitative estimate of drug-likeness (QED) is 0.0962. The molecule has 0 atom stereocenters. The molecule has 6 nitrogen and oxygen atoms in total. The molecule has 0 aliphatic rings. The summed E-state index contributed by atoms with van der Waals surface area (Å²) in [7, 11) is 0. The summed E-state index contributed by atoms with van der Waals surface area (Å²) in [4.78, 5) is 24.5. The van der Waals surface area contributed by atoms with Crippen molar-refractivity contribution in [1.29, 1.82) is 0 Å². The first-order valence-electron chi connectivity index (χ1n) is 12.3. The highest BCUT2D eigenvalue weighted by Crippen LogP contribution is 2.27. The van der Waals surface area contributed by atoms with Gasteiger partial charge in [0.1, 0.15) is 17.2 Å². The van der Waals surface area contributed by atoms with Crippen LogP contribution in [0.2, 0.25) is 0 Å². The van der Waals surface area contributed by atoms with Crippen LogP contribution < -0.4 is 14.2 Å². The second-order valence-electron chi connectivity index (χ2n) is 9.27. The highest BCUT2D eigenvalue weighted by Gasteiger charge is 2.23. The van der Waals surface area contributed by atoms with Gasteiger partial charge in [0.15, 0.2) is 5.78 Å². The fourth-order valence-electron chi connectivity index (χ4n) is 2.87. The van der Waals surface area contributed by atoms with Gasteiger partial charge in [0.05, 0.1) is 18.6 Å². The average Bonchev–Trinajstić information content (AvgIpc) is 2.83. The van der Waals surface area contributed by atoms with Crippen molar-refractivity contribution >= 4 is 17.8 Å². The minimum absolute atomic E-state index is 0.140. The van der Waals surface area contributed by atoms with Gasteiger partial charge in [-0.2, -0.15) is 0 Å². The van der Waals surface area contributed by atoms with Crippen LogP contribution in [0.15, 0.2) is 48.5 Å². The first kappa shape index (κ1) is 28.0. The molecule has 0 saturated carbocycles. The van der Waals surface area contributed by atoms with Crippen LogP contribution in [0.3, 0.4) is 0 Å². The third kappa shape index (κ3) is 9.85. The Hall–Kier alpha value is -3.28. The summed E-state index contributed by atoms with van der Waals surface area (Å²) in [5, 5.41) is 0. The van der Waals surface area contributed by atoms with Crippen molar-refractivity contribution in [2.24, 2.45) is 5.41 Å². The lowest BCUT2D eigenvalue weighted by molar-refractivity contribution is -0.159. The number of hydrogen-bond donors (Lipinski definition) is 0. The third-order valence-corrected chi connectivity index (χ3v) is 5.09. The van der Waals surface area contributed by atoms with Crippen LogP contribution in [-0.4, -0.2) is 31.8 Å². The fourth-order valence-corrected chi connectivity index (χ4v) is 2.87. The highest BCUT2D eigenvalue weighted by molar-refractivity contribution is 6.07. The maximum absolute atomic E-state index is 12.7. The van der Waals surface area contributed by atoms with Crippen LogP contribution in [0.4, 0.5) is 0 Å². The fraction of sp³-hybridized carbons (Fsp3) is 0.448. The van der Waals surface area contributed by atoms with Gasteiger partial charge >= 0.3 is 5.97 Å². The summed E-state index contributed by atoms with van der Waals surface area (Å²) in [5.74, 6) is 1.49. The zero-order valence-electron chi connectivity index (χ0n) is 21.6. The summed E-state index contributed by atoms with van der Waals surface area (Å²) in [6.45, 7) is 10.7. The number of ketones is 1. The number of allylic oxidation sites excluding steroid dienone is 1. The Morgan fingerprint density at radius 3 is 2.09 bits per heavy atom. The van der Waals surface area contributed by atoms with Gasteiger partial charge in [-0.15, -0.1) is 0 Å². The normalized spacial score (nSPS) is 11.3. The second-order valence-corrected chi connectivity index (χ2v) is 9.27. The number of esters is 1. The number of benzene rings is 2. The van der Waals surface area contributed by atoms with Crippen molar-refractivity contribution in [1.82, 2.24) is 0 Å². The second kappa shape index (κ2) is 14.2. The largest absolute Gasteiger partial charge is 0.493 e. The van der Waals surface area contributed by atoms with Gasteiger partial charge in [0, 0.05) is 17.2 Å². The molecule has 190 valence electrons. The van der Waals surface area contributed by atoms with Crippen molar-refractivity contribution in [2.45, 2.75) is 60.3 Å². The van der Waals surface area contributed by atoms with E-state index >= 15 is 0 Å². The van der Waals surface area contributed by atoms with Gasteiger partial charge in [0.2, 0.25) is 6.79 Å². The van der Waals surface area contributed by atoms with E-state index in [0.717, 1.165) is 37.0 Å². The predicted octanol–water partition coefficient (Wildman–Crippen LogP) is 6.87. The number of rotatable bonds is 14. The number of carbonyl (C=O) groups excluding carboxylic acids is 2. The van der Waals surface area contributed by atoms with Crippen LogP contribution in [0.5, 0.6) is 17.2 Å². The predicted molar refractivity (Wildman–Crippen MR) is 138 cm³/mol. The molecule has 0 spiro atoms. The van der Waals surface area contributed by atoms with E-state index in [9.17, 15) is 9.59 Å². The van der Waals surface area contributed by atoms with E-state index in [2.05, 4.69) is 13.8 Å². The SMILES string of the molecule is CCCCOc1ccc(C=CC(=O)c2ccc(OCOC(=O)C(C)(C)C)cc2)c(OCCCC)c1. The van der Waals surface area contributed by atoms with Crippen molar-refractivity contribution in [3.63, 3.8) is 0 Å². The molecule has 2 aromatic carbocycles. The molecular weight excluding hydrogens is 444 g/mol. The van der Waals surface area contributed by atoms with Gasteiger partial charge in [-0.05, 0) is 82.2 Å². The first-order chi connectivity index (χ1) is 16.7. The highest BCUT2D eigenvalue weighted by atomic mass is 16.7. The molecular formula is C29H38O6. The van der Waals surface area contributed by atoms with Gasteiger partial charge < -0.3 is 18.9 Å². The van der Waals surface area contributed by atoms with Crippen molar-refractivity contribution in [2.75, 3.05) is 20.0 Å². The molecule has 0 bridgehead atoms. The Morgan fingerprint density at radius 2 is 1.46 bits per heavy atom. The maximum Gasteiger partial charge on any atom is 0.314 e. The molecule has 0 aliphatic heterocycles. The molecule has 2 aromatic rings. The minimum Gasteiger partial charge on any atom is -0.493 e. The van der Waals surface area contributed by atoms with Gasteiger partial charge in [0.25, 0.3) is 0 Å². The Morgan fingerprint density at radius 1 is 0.829 bits per heavy atom. The van der Waals surface area contributed by atoms with Crippen LogP contribution in [0.1, 0.15) is 76.2 Å². The van der Waals surface area contributed by atoms with Crippen LogP contribution in [0, 0.1) is 5.41 Å². The molecule has 0 aliphatic carbocycles. The number of unbranched alkanes of at least 4 members (excludes halogenated alkanes) is 2. The lowest BCUT2D eigenvalue weighted by Gasteiger charge is -2.16. The smallest absolute Gasteiger partial charge is 0.314 e. The van der Waals surface area contributed by atoms with Crippen LogP contribution in [-0.2, 0) is 9.53 Å². The monoisotopic (exact) mass is 482 g/mol. The number of ether oxygens (including phenoxy) is 4. The molecule has 0 heterocycles. The molecule has 0 saturated heterocycles. The number of carbonyl (C=O) groups is 2. The molecule has 0 radical (unpaired) electrons. The lowest BCUT2D eigenvalue weighted by atomic mass is 9.98. The van der Waals surface area contributed by atoms with Crippen molar-refractivity contribution in [3.8, 4) is 17.2 Å². The molecule has 0 unspecified atom stereocenters. The Kier molecular flexibility index (Phi) is 11.3. The van der Waals surface area contributed by atoms with E-state index in [1.165, 1.54) is 6.08 Å². The summed E-state index contributed by atoms with van der Waals surface area (Å²) in [5.41, 5.74) is 0.751. The molecule has 2 rings (SSSR count). The lowest BCUT2D eigenvalue weighted by Crippen LogP contribution is -2.24.